The Hall–Kier alpha value is -2.01. The number of nitrogens with one attached hydrogen (secondary N) is 1. The van der Waals surface area contributed by atoms with Gasteiger partial charge in [-0.25, -0.2) is 9.36 Å². The van der Waals surface area contributed by atoms with Gasteiger partial charge in [0.05, 0.1) is 0 Å². The van der Waals surface area contributed by atoms with Crippen LogP contribution in [-0.2, 0) is 0 Å². The number of ether oxygens (including phenoxy) is 1. The van der Waals surface area contributed by atoms with Gasteiger partial charge in [-0.15, -0.1) is 0 Å². The SMILES string of the molecule is O=c1cc(Cl)[nH]c(=O)n1C1COc2ccccc21. The molecular weight excluding hydrogens is 256 g/mol. The normalized spacial score (nSPS) is 17.3. The Balaban J connectivity index is 2.20. The third kappa shape index (κ3) is 1.64. The minimum Gasteiger partial charge on any atom is -0.491 e. The van der Waals surface area contributed by atoms with Gasteiger partial charge >= 0.3 is 5.69 Å². The first kappa shape index (κ1) is 11.1. The number of aromatic amines is 1. The largest absolute Gasteiger partial charge is 0.491 e. The predicted octanol–water partition coefficient (Wildman–Crippen LogP) is 1.17. The first-order chi connectivity index (χ1) is 8.66. The van der Waals surface area contributed by atoms with Crippen LogP contribution in [0.15, 0.2) is 39.9 Å². The molecule has 1 N–H and O–H groups in total. The van der Waals surface area contributed by atoms with Crippen LogP contribution in [0.25, 0.3) is 0 Å². The van der Waals surface area contributed by atoms with Crippen LogP contribution in [0.3, 0.4) is 0 Å². The molecule has 2 aromatic rings. The second-order valence-electron chi connectivity index (χ2n) is 4.00. The van der Waals surface area contributed by atoms with E-state index in [1.54, 1.807) is 0 Å². The van der Waals surface area contributed by atoms with Gasteiger partial charge < -0.3 is 4.74 Å². The molecule has 1 aliphatic rings. The lowest BCUT2D eigenvalue weighted by Gasteiger charge is -2.11. The van der Waals surface area contributed by atoms with E-state index in [0.717, 1.165) is 10.1 Å². The molecule has 3 rings (SSSR count). The number of fused-ring (bicyclic) bond motifs is 1. The third-order valence-corrected chi connectivity index (χ3v) is 3.12. The number of benzene rings is 1. The van der Waals surface area contributed by atoms with Crippen LogP contribution in [0.4, 0.5) is 0 Å². The van der Waals surface area contributed by atoms with E-state index in [0.29, 0.717) is 5.75 Å². The molecule has 1 aromatic carbocycles. The van der Waals surface area contributed by atoms with Crippen molar-refractivity contribution >= 4 is 11.6 Å². The quantitative estimate of drug-likeness (QED) is 0.787. The summed E-state index contributed by atoms with van der Waals surface area (Å²) in [4.78, 5) is 26.1. The molecule has 1 aromatic heterocycles. The van der Waals surface area contributed by atoms with Crippen LogP contribution in [0.5, 0.6) is 5.75 Å². The molecule has 5 nitrogen and oxygen atoms in total. The zero-order valence-electron chi connectivity index (χ0n) is 9.22. The van der Waals surface area contributed by atoms with Crippen molar-refractivity contribution in [1.29, 1.82) is 0 Å². The summed E-state index contributed by atoms with van der Waals surface area (Å²) >= 11 is 5.63. The molecule has 0 fully saturated rings. The molecule has 1 atom stereocenters. The first-order valence-corrected chi connectivity index (χ1v) is 5.78. The lowest BCUT2D eigenvalue weighted by atomic mass is 10.1. The zero-order valence-corrected chi connectivity index (χ0v) is 9.98. The van der Waals surface area contributed by atoms with Gasteiger partial charge in [0.1, 0.15) is 23.6 Å². The van der Waals surface area contributed by atoms with Crippen molar-refractivity contribution in [2.24, 2.45) is 0 Å². The average Bonchev–Trinajstić information content (AvgIpc) is 2.72. The van der Waals surface area contributed by atoms with Crippen molar-refractivity contribution in [3.05, 3.63) is 61.9 Å². The second-order valence-corrected chi connectivity index (χ2v) is 4.40. The summed E-state index contributed by atoms with van der Waals surface area (Å²) in [6, 6.07) is 8.11. The van der Waals surface area contributed by atoms with Gasteiger partial charge in [-0.05, 0) is 6.07 Å². The van der Waals surface area contributed by atoms with E-state index in [-0.39, 0.29) is 11.8 Å². The molecule has 0 radical (unpaired) electrons. The Labute approximate surface area is 107 Å². The summed E-state index contributed by atoms with van der Waals surface area (Å²) in [7, 11) is 0. The highest BCUT2D eigenvalue weighted by Crippen LogP contribution is 2.32. The maximum absolute atomic E-state index is 11.9. The van der Waals surface area contributed by atoms with E-state index in [9.17, 15) is 9.59 Å². The number of para-hydroxylation sites is 1. The lowest BCUT2D eigenvalue weighted by Crippen LogP contribution is -2.38. The number of nitrogens with zero attached hydrogens (tertiary/aromatic N) is 1. The van der Waals surface area contributed by atoms with Crippen LogP contribution in [0.2, 0.25) is 5.15 Å². The Bertz CT molecular complexity index is 688. The molecule has 0 amide bonds. The summed E-state index contributed by atoms with van der Waals surface area (Å²) in [6.45, 7) is 0.268. The highest BCUT2D eigenvalue weighted by atomic mass is 35.5. The number of halogens is 1. The van der Waals surface area contributed by atoms with Gasteiger partial charge in [0.25, 0.3) is 5.56 Å². The van der Waals surface area contributed by atoms with Crippen LogP contribution in [0.1, 0.15) is 11.6 Å². The van der Waals surface area contributed by atoms with E-state index in [1.165, 1.54) is 6.07 Å². The molecular formula is C12H9ClN2O3. The van der Waals surface area contributed by atoms with Gasteiger partial charge in [-0.1, -0.05) is 29.8 Å². The topological polar surface area (TPSA) is 64.1 Å². The monoisotopic (exact) mass is 264 g/mol. The molecule has 2 heterocycles. The van der Waals surface area contributed by atoms with Crippen LogP contribution in [0, 0.1) is 0 Å². The number of H-pyrrole nitrogens is 1. The Morgan fingerprint density at radius 2 is 2.11 bits per heavy atom. The van der Waals surface area contributed by atoms with Crippen LogP contribution in [-0.4, -0.2) is 16.2 Å². The van der Waals surface area contributed by atoms with E-state index >= 15 is 0 Å². The number of hydrogen-bond acceptors (Lipinski definition) is 3. The molecule has 0 saturated heterocycles. The minimum absolute atomic E-state index is 0.0356. The Kier molecular flexibility index (Phi) is 2.48. The van der Waals surface area contributed by atoms with Crippen molar-refractivity contribution in [3.63, 3.8) is 0 Å². The molecule has 0 saturated carbocycles. The average molecular weight is 265 g/mol. The second kappa shape index (κ2) is 4.03. The number of aromatic nitrogens is 2. The van der Waals surface area contributed by atoms with E-state index in [1.807, 2.05) is 24.3 Å². The van der Waals surface area contributed by atoms with E-state index < -0.39 is 17.3 Å². The molecule has 92 valence electrons. The van der Waals surface area contributed by atoms with Crippen molar-refractivity contribution in [2.45, 2.75) is 6.04 Å². The van der Waals surface area contributed by atoms with Crippen LogP contribution < -0.4 is 16.0 Å². The molecule has 1 unspecified atom stereocenters. The third-order valence-electron chi connectivity index (χ3n) is 2.92. The summed E-state index contributed by atoms with van der Waals surface area (Å²) in [5.41, 5.74) is -0.140. The fourth-order valence-electron chi connectivity index (χ4n) is 2.13. The number of rotatable bonds is 1. The van der Waals surface area contributed by atoms with Gasteiger partial charge in [0.15, 0.2) is 0 Å². The fraction of sp³-hybridized carbons (Fsp3) is 0.167. The summed E-state index contributed by atoms with van der Waals surface area (Å²) in [6.07, 6.45) is 0. The van der Waals surface area contributed by atoms with Gasteiger partial charge in [-0.2, -0.15) is 0 Å². The van der Waals surface area contributed by atoms with Crippen molar-refractivity contribution in [1.82, 2.24) is 9.55 Å². The lowest BCUT2D eigenvalue weighted by molar-refractivity contribution is 0.310. The van der Waals surface area contributed by atoms with Gasteiger partial charge in [-0.3, -0.25) is 9.78 Å². The standard InChI is InChI=1S/C12H9ClN2O3/c13-10-5-11(16)15(12(17)14-10)8-6-18-9-4-2-1-3-7(8)9/h1-5,8H,6H2,(H,14,17). The van der Waals surface area contributed by atoms with Crippen molar-refractivity contribution in [2.75, 3.05) is 6.61 Å². The number of hydrogen-bond donors (Lipinski definition) is 1. The summed E-state index contributed by atoms with van der Waals surface area (Å²) < 4.78 is 6.58. The summed E-state index contributed by atoms with van der Waals surface area (Å²) in [5, 5.41) is 0.0356. The van der Waals surface area contributed by atoms with E-state index in [4.69, 9.17) is 16.3 Å². The maximum Gasteiger partial charge on any atom is 0.330 e. The van der Waals surface area contributed by atoms with Crippen LogP contribution >= 0.6 is 11.6 Å². The first-order valence-electron chi connectivity index (χ1n) is 5.40. The highest BCUT2D eigenvalue weighted by molar-refractivity contribution is 6.29. The molecule has 18 heavy (non-hydrogen) atoms. The Morgan fingerprint density at radius 1 is 1.33 bits per heavy atom. The molecule has 0 aliphatic carbocycles. The molecule has 0 spiro atoms. The van der Waals surface area contributed by atoms with E-state index in [2.05, 4.69) is 4.98 Å². The highest BCUT2D eigenvalue weighted by Gasteiger charge is 2.27. The summed E-state index contributed by atoms with van der Waals surface area (Å²) in [5.74, 6) is 0.698. The van der Waals surface area contributed by atoms with Crippen molar-refractivity contribution in [3.8, 4) is 5.75 Å². The van der Waals surface area contributed by atoms with Gasteiger partial charge in [0.2, 0.25) is 0 Å². The molecule has 1 aliphatic heterocycles. The zero-order chi connectivity index (χ0) is 12.7. The molecule has 6 heteroatoms. The smallest absolute Gasteiger partial charge is 0.330 e. The Morgan fingerprint density at radius 3 is 2.89 bits per heavy atom. The predicted molar refractivity (Wildman–Crippen MR) is 66.4 cm³/mol. The van der Waals surface area contributed by atoms with Gasteiger partial charge in [0, 0.05) is 11.6 Å². The maximum atomic E-state index is 11.9. The fourth-order valence-corrected chi connectivity index (χ4v) is 2.31. The van der Waals surface area contributed by atoms with Crippen molar-refractivity contribution < 1.29 is 4.74 Å². The minimum atomic E-state index is -0.530. The molecule has 0 bridgehead atoms.